The van der Waals surface area contributed by atoms with Crippen LogP contribution < -0.4 is 5.32 Å². The molecule has 2 unspecified atom stereocenters. The molecule has 3 rings (SSSR count). The van der Waals surface area contributed by atoms with Crippen molar-refractivity contribution in [1.82, 2.24) is 15.2 Å². The van der Waals surface area contributed by atoms with Crippen LogP contribution in [0.5, 0.6) is 0 Å². The Labute approximate surface area is 114 Å². The second-order valence-electron chi connectivity index (χ2n) is 5.37. The van der Waals surface area contributed by atoms with Gasteiger partial charge in [-0.25, -0.2) is 4.98 Å². The number of likely N-dealkylation sites (tertiary alicyclic amines) is 1. The van der Waals surface area contributed by atoms with E-state index in [1.54, 1.807) is 0 Å². The third-order valence-electron chi connectivity index (χ3n) is 4.15. The van der Waals surface area contributed by atoms with E-state index in [2.05, 4.69) is 21.3 Å². The Morgan fingerprint density at radius 2 is 2.28 bits per heavy atom. The Bertz CT molecular complexity index is 387. The molecule has 0 amide bonds. The third kappa shape index (κ3) is 2.68. The van der Waals surface area contributed by atoms with Gasteiger partial charge >= 0.3 is 0 Å². The lowest BCUT2D eigenvalue weighted by Gasteiger charge is -2.29. The minimum Gasteiger partial charge on any atom is -0.312 e. The predicted octanol–water partition coefficient (Wildman–Crippen LogP) is 2.45. The fraction of sp³-hybridized carbons (Fsp3) is 0.643. The molecule has 98 valence electrons. The van der Waals surface area contributed by atoms with E-state index in [9.17, 15) is 0 Å². The van der Waals surface area contributed by atoms with E-state index in [0.717, 1.165) is 6.54 Å². The summed E-state index contributed by atoms with van der Waals surface area (Å²) in [5.41, 5.74) is 1.27. The average molecular weight is 266 g/mol. The van der Waals surface area contributed by atoms with E-state index in [-0.39, 0.29) is 0 Å². The molecule has 2 aliphatic heterocycles. The lowest BCUT2D eigenvalue weighted by molar-refractivity contribution is 0.206. The largest absolute Gasteiger partial charge is 0.312 e. The standard InChI is InChI=1S/C14H20ClN3/c15-14-6-5-11(9-17-14)10-18-8-2-4-13(18)12-3-1-7-16-12/h5-6,9,12-13,16H,1-4,7-8,10H2. The van der Waals surface area contributed by atoms with Crippen LogP contribution >= 0.6 is 11.6 Å². The fourth-order valence-corrected chi connectivity index (χ4v) is 3.39. The van der Waals surface area contributed by atoms with Gasteiger partial charge in [-0.05, 0) is 50.4 Å². The molecule has 0 aromatic carbocycles. The smallest absolute Gasteiger partial charge is 0.129 e. The maximum atomic E-state index is 5.83. The fourth-order valence-electron chi connectivity index (χ4n) is 3.28. The Kier molecular flexibility index (Phi) is 3.83. The molecule has 18 heavy (non-hydrogen) atoms. The Hall–Kier alpha value is -0.640. The van der Waals surface area contributed by atoms with Crippen LogP contribution in [-0.4, -0.2) is 35.1 Å². The number of rotatable bonds is 3. The van der Waals surface area contributed by atoms with Crippen LogP contribution in [0.2, 0.25) is 5.15 Å². The third-order valence-corrected chi connectivity index (χ3v) is 4.38. The molecule has 2 aliphatic rings. The molecule has 2 saturated heterocycles. The highest BCUT2D eigenvalue weighted by molar-refractivity contribution is 6.29. The minimum absolute atomic E-state index is 0.578. The predicted molar refractivity (Wildman–Crippen MR) is 73.7 cm³/mol. The molecule has 0 bridgehead atoms. The summed E-state index contributed by atoms with van der Waals surface area (Å²) in [5.74, 6) is 0. The monoisotopic (exact) mass is 265 g/mol. The van der Waals surface area contributed by atoms with Crippen molar-refractivity contribution < 1.29 is 0 Å². The zero-order valence-electron chi connectivity index (χ0n) is 10.6. The molecular formula is C14H20ClN3. The maximum absolute atomic E-state index is 5.83. The van der Waals surface area contributed by atoms with Gasteiger partial charge in [0.2, 0.25) is 0 Å². The van der Waals surface area contributed by atoms with E-state index in [0.29, 0.717) is 17.2 Å². The summed E-state index contributed by atoms with van der Waals surface area (Å²) in [7, 11) is 0. The highest BCUT2D eigenvalue weighted by Gasteiger charge is 2.32. The molecule has 0 radical (unpaired) electrons. The average Bonchev–Trinajstić information content (AvgIpc) is 3.02. The van der Waals surface area contributed by atoms with E-state index in [4.69, 9.17) is 11.6 Å². The van der Waals surface area contributed by atoms with Gasteiger partial charge in [0.1, 0.15) is 5.15 Å². The van der Waals surface area contributed by atoms with Crippen LogP contribution in [0.4, 0.5) is 0 Å². The van der Waals surface area contributed by atoms with E-state index in [1.807, 2.05) is 12.3 Å². The van der Waals surface area contributed by atoms with Gasteiger partial charge in [-0.15, -0.1) is 0 Å². The molecule has 1 aromatic heterocycles. The van der Waals surface area contributed by atoms with Crippen molar-refractivity contribution in [2.45, 2.75) is 44.3 Å². The molecule has 3 heterocycles. The van der Waals surface area contributed by atoms with Gasteiger partial charge < -0.3 is 5.32 Å². The maximum Gasteiger partial charge on any atom is 0.129 e. The zero-order valence-corrected chi connectivity index (χ0v) is 11.4. The molecule has 1 aromatic rings. The van der Waals surface area contributed by atoms with E-state index in [1.165, 1.54) is 44.3 Å². The van der Waals surface area contributed by atoms with Crippen LogP contribution in [-0.2, 0) is 6.54 Å². The van der Waals surface area contributed by atoms with Gasteiger partial charge in [-0.1, -0.05) is 17.7 Å². The van der Waals surface area contributed by atoms with E-state index >= 15 is 0 Å². The first kappa shape index (κ1) is 12.4. The quantitative estimate of drug-likeness (QED) is 0.851. The second-order valence-corrected chi connectivity index (χ2v) is 5.76. The van der Waals surface area contributed by atoms with Gasteiger partial charge in [-0.2, -0.15) is 0 Å². The first-order valence-electron chi connectivity index (χ1n) is 6.91. The second kappa shape index (κ2) is 5.55. The van der Waals surface area contributed by atoms with Crippen molar-refractivity contribution in [3.05, 3.63) is 29.0 Å². The Morgan fingerprint density at radius 3 is 3.00 bits per heavy atom. The molecule has 0 aliphatic carbocycles. The lowest BCUT2D eigenvalue weighted by atomic mass is 10.0. The summed E-state index contributed by atoms with van der Waals surface area (Å²) in [6, 6.07) is 5.39. The van der Waals surface area contributed by atoms with Crippen molar-refractivity contribution in [3.8, 4) is 0 Å². The number of hydrogen-bond donors (Lipinski definition) is 1. The molecule has 0 saturated carbocycles. The summed E-state index contributed by atoms with van der Waals surface area (Å²) in [6.07, 6.45) is 7.22. The highest BCUT2D eigenvalue weighted by Crippen LogP contribution is 2.26. The van der Waals surface area contributed by atoms with Gasteiger partial charge in [0, 0.05) is 24.8 Å². The molecule has 2 atom stereocenters. The molecule has 2 fully saturated rings. The summed E-state index contributed by atoms with van der Waals surface area (Å²) in [6.45, 7) is 3.41. The van der Waals surface area contributed by atoms with Crippen molar-refractivity contribution in [2.75, 3.05) is 13.1 Å². The van der Waals surface area contributed by atoms with Crippen LogP contribution in [0.3, 0.4) is 0 Å². The van der Waals surface area contributed by atoms with Crippen LogP contribution in [0, 0.1) is 0 Å². The number of halogens is 1. The lowest BCUT2D eigenvalue weighted by Crippen LogP contribution is -2.43. The summed E-state index contributed by atoms with van der Waals surface area (Å²) < 4.78 is 0. The van der Waals surface area contributed by atoms with Crippen molar-refractivity contribution in [3.63, 3.8) is 0 Å². The number of pyridine rings is 1. The van der Waals surface area contributed by atoms with Gasteiger partial charge in [-0.3, -0.25) is 4.90 Å². The van der Waals surface area contributed by atoms with Gasteiger partial charge in [0.25, 0.3) is 0 Å². The molecular weight excluding hydrogens is 246 g/mol. The van der Waals surface area contributed by atoms with E-state index < -0.39 is 0 Å². The van der Waals surface area contributed by atoms with Crippen LogP contribution in [0.15, 0.2) is 18.3 Å². The van der Waals surface area contributed by atoms with Gasteiger partial charge in [0.15, 0.2) is 0 Å². The van der Waals surface area contributed by atoms with Crippen molar-refractivity contribution in [1.29, 1.82) is 0 Å². The first-order chi connectivity index (χ1) is 8.83. The van der Waals surface area contributed by atoms with Crippen molar-refractivity contribution >= 4 is 11.6 Å². The number of nitrogens with one attached hydrogen (secondary N) is 1. The topological polar surface area (TPSA) is 28.2 Å². The zero-order chi connectivity index (χ0) is 12.4. The highest BCUT2D eigenvalue weighted by atomic mass is 35.5. The van der Waals surface area contributed by atoms with Crippen LogP contribution in [0.25, 0.3) is 0 Å². The Balaban J connectivity index is 1.65. The van der Waals surface area contributed by atoms with Crippen LogP contribution in [0.1, 0.15) is 31.2 Å². The Morgan fingerprint density at radius 1 is 1.33 bits per heavy atom. The molecule has 4 heteroatoms. The number of nitrogens with zero attached hydrogens (tertiary/aromatic N) is 2. The summed E-state index contributed by atoms with van der Waals surface area (Å²) >= 11 is 5.83. The summed E-state index contributed by atoms with van der Waals surface area (Å²) in [4.78, 5) is 6.77. The van der Waals surface area contributed by atoms with Crippen molar-refractivity contribution in [2.24, 2.45) is 0 Å². The molecule has 3 nitrogen and oxygen atoms in total. The van der Waals surface area contributed by atoms with Gasteiger partial charge in [0.05, 0.1) is 0 Å². The minimum atomic E-state index is 0.578. The first-order valence-corrected chi connectivity index (χ1v) is 7.28. The SMILES string of the molecule is Clc1ccc(CN2CCCC2C2CCCN2)cn1. The number of hydrogen-bond acceptors (Lipinski definition) is 3. The number of aromatic nitrogens is 1. The molecule has 1 N–H and O–H groups in total. The molecule has 0 spiro atoms. The summed E-state index contributed by atoms with van der Waals surface area (Å²) in [5, 5.41) is 4.22. The normalized spacial score (nSPS) is 28.9.